The fraction of sp³-hybridized carbons (Fsp3) is 0.619. The summed E-state index contributed by atoms with van der Waals surface area (Å²) < 4.78 is 38.8. The zero-order valence-electron chi connectivity index (χ0n) is 15.5. The second-order valence-electron chi connectivity index (χ2n) is 8.63. The van der Waals surface area contributed by atoms with Crippen LogP contribution in [0.2, 0.25) is 0 Å². The van der Waals surface area contributed by atoms with Crippen molar-refractivity contribution in [2.24, 2.45) is 17.3 Å². The summed E-state index contributed by atoms with van der Waals surface area (Å²) in [6, 6.07) is 5.71. The number of hydrogen-bond donors (Lipinski definition) is 0. The summed E-state index contributed by atoms with van der Waals surface area (Å²) >= 11 is 0. The highest BCUT2D eigenvalue weighted by molar-refractivity contribution is 5.49. The number of anilines is 1. The molecule has 2 nitrogen and oxygen atoms in total. The van der Waals surface area contributed by atoms with Gasteiger partial charge in [-0.3, -0.25) is 4.90 Å². The van der Waals surface area contributed by atoms with E-state index in [1.165, 1.54) is 25.0 Å². The summed E-state index contributed by atoms with van der Waals surface area (Å²) in [7, 11) is 0. The van der Waals surface area contributed by atoms with Crippen molar-refractivity contribution >= 4 is 5.69 Å². The number of nitrogens with zero attached hydrogens (tertiary/aromatic N) is 2. The Labute approximate surface area is 153 Å². The van der Waals surface area contributed by atoms with Gasteiger partial charge < -0.3 is 4.90 Å². The highest BCUT2D eigenvalue weighted by Gasteiger charge is 2.51. The number of fused-ring (bicyclic) bond motifs is 1. The summed E-state index contributed by atoms with van der Waals surface area (Å²) in [4.78, 5) is 4.54. The van der Waals surface area contributed by atoms with E-state index in [0.29, 0.717) is 11.1 Å². The van der Waals surface area contributed by atoms with Gasteiger partial charge in [0.15, 0.2) is 0 Å². The van der Waals surface area contributed by atoms with Gasteiger partial charge in [0.1, 0.15) is 0 Å². The Kier molecular flexibility index (Phi) is 4.33. The highest BCUT2D eigenvalue weighted by atomic mass is 19.4. The van der Waals surface area contributed by atoms with Crippen molar-refractivity contribution in [1.29, 1.82) is 0 Å². The first-order valence-corrected chi connectivity index (χ1v) is 9.58. The summed E-state index contributed by atoms with van der Waals surface area (Å²) in [6.07, 6.45) is 0.716. The molecule has 5 rings (SSSR count). The van der Waals surface area contributed by atoms with Gasteiger partial charge >= 0.3 is 6.18 Å². The molecular weight excluding hydrogens is 337 g/mol. The third-order valence-electron chi connectivity index (χ3n) is 6.90. The van der Waals surface area contributed by atoms with Crippen molar-refractivity contribution in [3.8, 4) is 0 Å². The molecule has 1 aliphatic heterocycles. The van der Waals surface area contributed by atoms with E-state index in [4.69, 9.17) is 0 Å². The SMILES string of the molecule is CC1(C)[C@H]2CC=C(CN3CCN(c4cccc(C(F)(F)F)c4)CC3)[C@@H]1C2. The minimum atomic E-state index is -4.28. The average Bonchev–Trinajstić information content (AvgIpc) is 2.62. The van der Waals surface area contributed by atoms with E-state index in [2.05, 4.69) is 29.7 Å². The fourth-order valence-corrected chi connectivity index (χ4v) is 4.96. The second kappa shape index (κ2) is 6.29. The third-order valence-corrected chi connectivity index (χ3v) is 6.90. The molecule has 142 valence electrons. The number of piperazine rings is 1. The highest BCUT2D eigenvalue weighted by Crippen LogP contribution is 2.59. The monoisotopic (exact) mass is 364 g/mol. The van der Waals surface area contributed by atoms with Crippen LogP contribution in [0.25, 0.3) is 0 Å². The number of rotatable bonds is 3. The maximum absolute atomic E-state index is 12.9. The molecule has 1 aromatic rings. The number of halogens is 3. The Morgan fingerprint density at radius 3 is 2.46 bits per heavy atom. The maximum atomic E-state index is 12.9. The Morgan fingerprint density at radius 2 is 1.85 bits per heavy atom. The Hall–Kier alpha value is -1.49. The normalized spacial score (nSPS) is 28.5. The third kappa shape index (κ3) is 3.15. The summed E-state index contributed by atoms with van der Waals surface area (Å²) in [5.74, 6) is 1.58. The van der Waals surface area contributed by atoms with Gasteiger partial charge in [0.25, 0.3) is 0 Å². The van der Waals surface area contributed by atoms with Crippen LogP contribution < -0.4 is 4.90 Å². The summed E-state index contributed by atoms with van der Waals surface area (Å²) in [5.41, 5.74) is 2.15. The molecule has 26 heavy (non-hydrogen) atoms. The van der Waals surface area contributed by atoms with Crippen LogP contribution in [0.5, 0.6) is 0 Å². The maximum Gasteiger partial charge on any atom is 0.416 e. The van der Waals surface area contributed by atoms with Gasteiger partial charge in [-0.1, -0.05) is 31.6 Å². The lowest BCUT2D eigenvalue weighted by Crippen LogP contribution is -2.52. The van der Waals surface area contributed by atoms with E-state index in [1.807, 2.05) is 0 Å². The van der Waals surface area contributed by atoms with Crippen LogP contribution in [0, 0.1) is 17.3 Å². The smallest absolute Gasteiger partial charge is 0.369 e. The quantitative estimate of drug-likeness (QED) is 0.710. The molecule has 0 unspecified atom stereocenters. The van der Waals surface area contributed by atoms with Gasteiger partial charge in [0.2, 0.25) is 0 Å². The summed E-state index contributed by atoms with van der Waals surface area (Å²) in [6.45, 7) is 9.19. The molecule has 2 atom stereocenters. The lowest BCUT2D eigenvalue weighted by Gasteiger charge is -2.57. The van der Waals surface area contributed by atoms with Crippen LogP contribution in [0.4, 0.5) is 18.9 Å². The molecule has 1 saturated heterocycles. The zero-order valence-corrected chi connectivity index (χ0v) is 15.5. The predicted molar refractivity (Wildman–Crippen MR) is 98.2 cm³/mol. The molecule has 0 amide bonds. The van der Waals surface area contributed by atoms with Crippen LogP contribution in [-0.4, -0.2) is 37.6 Å². The topological polar surface area (TPSA) is 6.48 Å². The molecule has 1 aromatic carbocycles. The van der Waals surface area contributed by atoms with Crippen LogP contribution >= 0.6 is 0 Å². The Bertz CT molecular complexity index is 699. The van der Waals surface area contributed by atoms with E-state index in [-0.39, 0.29) is 0 Å². The van der Waals surface area contributed by atoms with Gasteiger partial charge in [-0.05, 0) is 48.3 Å². The van der Waals surface area contributed by atoms with Crippen molar-refractivity contribution in [1.82, 2.24) is 4.90 Å². The molecule has 2 fully saturated rings. The van der Waals surface area contributed by atoms with Gasteiger partial charge in [-0.25, -0.2) is 0 Å². The molecular formula is C21H27F3N2. The van der Waals surface area contributed by atoms with Crippen molar-refractivity contribution in [3.05, 3.63) is 41.5 Å². The molecule has 4 aliphatic rings. The summed E-state index contributed by atoms with van der Waals surface area (Å²) in [5, 5.41) is 0. The minimum Gasteiger partial charge on any atom is -0.369 e. The molecule has 3 aliphatic carbocycles. The first kappa shape index (κ1) is 17.9. The molecule has 2 bridgehead atoms. The molecule has 1 saturated carbocycles. The van der Waals surface area contributed by atoms with Crippen LogP contribution in [0.15, 0.2) is 35.9 Å². The van der Waals surface area contributed by atoms with Gasteiger partial charge in [-0.15, -0.1) is 0 Å². The minimum absolute atomic E-state index is 0.448. The Balaban J connectivity index is 1.36. The van der Waals surface area contributed by atoms with E-state index < -0.39 is 11.7 Å². The van der Waals surface area contributed by atoms with Crippen LogP contribution in [0.1, 0.15) is 32.3 Å². The van der Waals surface area contributed by atoms with E-state index in [9.17, 15) is 13.2 Å². The standard InChI is InChI=1S/C21H27F3N2/c1-20(2)16-7-6-15(19(20)13-16)14-25-8-10-26(11-9-25)18-5-3-4-17(12-18)21(22,23)24/h3-6,12,16,19H,7-11,13-14H2,1-2H3/t16-,19-/m0/s1. The van der Waals surface area contributed by atoms with Gasteiger partial charge in [0.05, 0.1) is 5.56 Å². The molecule has 0 radical (unpaired) electrons. The van der Waals surface area contributed by atoms with Crippen molar-refractivity contribution < 1.29 is 13.2 Å². The van der Waals surface area contributed by atoms with Crippen LogP contribution in [0.3, 0.4) is 0 Å². The molecule has 0 aromatic heterocycles. The Morgan fingerprint density at radius 1 is 1.12 bits per heavy atom. The predicted octanol–water partition coefficient (Wildman–Crippen LogP) is 4.82. The number of alkyl halides is 3. The average molecular weight is 364 g/mol. The fourth-order valence-electron chi connectivity index (χ4n) is 4.96. The lowest BCUT2D eigenvalue weighted by atomic mass is 9.49. The van der Waals surface area contributed by atoms with E-state index in [1.54, 1.807) is 11.6 Å². The first-order valence-electron chi connectivity index (χ1n) is 9.58. The zero-order chi connectivity index (χ0) is 18.5. The van der Waals surface area contributed by atoms with E-state index >= 15 is 0 Å². The van der Waals surface area contributed by atoms with Crippen molar-refractivity contribution in [2.45, 2.75) is 32.9 Å². The second-order valence-corrected chi connectivity index (χ2v) is 8.63. The molecule has 5 heteroatoms. The van der Waals surface area contributed by atoms with Crippen molar-refractivity contribution in [2.75, 3.05) is 37.6 Å². The molecule has 0 spiro atoms. The number of allylic oxidation sites excluding steroid dienone is 1. The largest absolute Gasteiger partial charge is 0.416 e. The molecule has 1 heterocycles. The first-order chi connectivity index (χ1) is 12.2. The van der Waals surface area contributed by atoms with Gasteiger partial charge in [0, 0.05) is 38.4 Å². The van der Waals surface area contributed by atoms with E-state index in [0.717, 1.165) is 50.6 Å². The lowest BCUT2D eigenvalue weighted by molar-refractivity contribution is -0.137. The number of benzene rings is 1. The number of hydrogen-bond acceptors (Lipinski definition) is 2. The molecule has 0 N–H and O–H groups in total. The van der Waals surface area contributed by atoms with Crippen molar-refractivity contribution in [3.63, 3.8) is 0 Å². The van der Waals surface area contributed by atoms with Gasteiger partial charge in [-0.2, -0.15) is 13.2 Å². The van der Waals surface area contributed by atoms with Crippen LogP contribution in [-0.2, 0) is 6.18 Å².